The molecule has 3 N–H and O–H groups in total. The molecule has 0 radical (unpaired) electrons. The highest BCUT2D eigenvalue weighted by molar-refractivity contribution is 7.88. The minimum Gasteiger partial charge on any atom is -0.325 e. The SMILES string of the molecule is CN([C@H]1CC[C@H](CC(=O)Nc2cnc(-c3ccc(C(C)(C)N)cc3)c(-c3ccccc3)c2)CC1)S(C)(=O)=O. The van der Waals surface area contributed by atoms with Crippen molar-refractivity contribution in [3.63, 3.8) is 0 Å². The maximum Gasteiger partial charge on any atom is 0.224 e. The summed E-state index contributed by atoms with van der Waals surface area (Å²) >= 11 is 0. The van der Waals surface area contributed by atoms with E-state index < -0.39 is 15.6 Å². The molecule has 3 aromatic rings. The lowest BCUT2D eigenvalue weighted by molar-refractivity contribution is -0.117. The highest BCUT2D eigenvalue weighted by atomic mass is 32.2. The topological polar surface area (TPSA) is 105 Å². The summed E-state index contributed by atoms with van der Waals surface area (Å²) in [5.74, 6) is 0.193. The molecular weight excluding hydrogens is 496 g/mol. The summed E-state index contributed by atoms with van der Waals surface area (Å²) in [6.07, 6.45) is 6.57. The van der Waals surface area contributed by atoms with Crippen LogP contribution in [0.3, 0.4) is 0 Å². The molecule has 1 aliphatic carbocycles. The molecular formula is C30H38N4O3S. The number of carbonyl (C=O) groups is 1. The van der Waals surface area contributed by atoms with E-state index in [0.29, 0.717) is 12.1 Å². The fourth-order valence-electron chi connectivity index (χ4n) is 5.12. The third-order valence-corrected chi connectivity index (χ3v) is 8.83. The normalized spacial score (nSPS) is 18.4. The van der Waals surface area contributed by atoms with E-state index in [1.165, 1.54) is 10.6 Å². The molecule has 1 heterocycles. The molecule has 0 aliphatic heterocycles. The van der Waals surface area contributed by atoms with Crippen molar-refractivity contribution in [2.75, 3.05) is 18.6 Å². The number of carbonyl (C=O) groups excluding carboxylic acids is 1. The molecule has 0 unspecified atom stereocenters. The zero-order valence-corrected chi connectivity index (χ0v) is 23.5. The molecule has 1 aliphatic rings. The quantitative estimate of drug-likeness (QED) is 0.403. The second-order valence-electron chi connectivity index (χ2n) is 11.0. The largest absolute Gasteiger partial charge is 0.325 e. The molecule has 7 nitrogen and oxygen atoms in total. The van der Waals surface area contributed by atoms with Crippen molar-refractivity contribution in [1.82, 2.24) is 9.29 Å². The van der Waals surface area contributed by atoms with E-state index in [-0.39, 0.29) is 17.9 Å². The summed E-state index contributed by atoms with van der Waals surface area (Å²) < 4.78 is 25.2. The molecule has 0 saturated heterocycles. The van der Waals surface area contributed by atoms with Crippen molar-refractivity contribution in [2.24, 2.45) is 11.7 Å². The summed E-state index contributed by atoms with van der Waals surface area (Å²) in [4.78, 5) is 17.7. The number of aromatic nitrogens is 1. The highest BCUT2D eigenvalue weighted by Gasteiger charge is 2.29. The molecule has 2 aromatic carbocycles. The predicted octanol–water partition coefficient (Wildman–Crippen LogP) is 5.39. The monoisotopic (exact) mass is 534 g/mol. The van der Waals surface area contributed by atoms with Crippen LogP contribution in [-0.4, -0.2) is 43.0 Å². The van der Waals surface area contributed by atoms with Gasteiger partial charge >= 0.3 is 0 Å². The third kappa shape index (κ3) is 6.87. The Balaban J connectivity index is 1.49. The average Bonchev–Trinajstić information content (AvgIpc) is 2.88. The van der Waals surface area contributed by atoms with Crippen molar-refractivity contribution >= 4 is 21.6 Å². The Labute approximate surface area is 226 Å². The lowest BCUT2D eigenvalue weighted by Gasteiger charge is -2.33. The van der Waals surface area contributed by atoms with Gasteiger partial charge in [-0.25, -0.2) is 12.7 Å². The first-order valence-electron chi connectivity index (χ1n) is 13.1. The van der Waals surface area contributed by atoms with Gasteiger partial charge in [0.25, 0.3) is 0 Å². The molecule has 0 spiro atoms. The second kappa shape index (κ2) is 11.4. The Morgan fingerprint density at radius 2 is 1.66 bits per heavy atom. The Kier molecular flexibility index (Phi) is 8.35. The maximum absolute atomic E-state index is 12.9. The van der Waals surface area contributed by atoms with E-state index in [2.05, 4.69) is 5.32 Å². The van der Waals surface area contributed by atoms with Crippen LogP contribution in [0, 0.1) is 5.92 Å². The number of pyridine rings is 1. The van der Waals surface area contributed by atoms with Crippen molar-refractivity contribution in [3.05, 3.63) is 72.4 Å². The van der Waals surface area contributed by atoms with Gasteiger partial charge in [0.1, 0.15) is 0 Å². The summed E-state index contributed by atoms with van der Waals surface area (Å²) in [6, 6.07) is 20.2. The van der Waals surface area contributed by atoms with Crippen LogP contribution in [0.4, 0.5) is 5.69 Å². The van der Waals surface area contributed by atoms with Gasteiger partial charge in [-0.3, -0.25) is 9.78 Å². The van der Waals surface area contributed by atoms with Gasteiger partial charge in [0, 0.05) is 36.2 Å². The molecule has 38 heavy (non-hydrogen) atoms. The van der Waals surface area contributed by atoms with Gasteiger partial charge in [-0.1, -0.05) is 54.6 Å². The molecule has 8 heteroatoms. The summed E-state index contributed by atoms with van der Waals surface area (Å²) in [7, 11) is -1.56. The average molecular weight is 535 g/mol. The number of rotatable bonds is 8. The second-order valence-corrected chi connectivity index (χ2v) is 13.0. The maximum atomic E-state index is 12.9. The number of sulfonamides is 1. The summed E-state index contributed by atoms with van der Waals surface area (Å²) in [5, 5.41) is 3.04. The van der Waals surface area contributed by atoms with Crippen LogP contribution >= 0.6 is 0 Å². The number of benzene rings is 2. The number of nitrogens with one attached hydrogen (secondary N) is 1. The molecule has 0 atom stereocenters. The number of nitrogens with two attached hydrogens (primary N) is 1. The third-order valence-electron chi connectivity index (χ3n) is 7.49. The molecule has 1 amide bonds. The van der Waals surface area contributed by atoms with Crippen LogP contribution in [0.2, 0.25) is 0 Å². The number of amides is 1. The van der Waals surface area contributed by atoms with E-state index in [0.717, 1.165) is 53.6 Å². The lowest BCUT2D eigenvalue weighted by atomic mass is 9.84. The van der Waals surface area contributed by atoms with Gasteiger partial charge < -0.3 is 11.1 Å². The van der Waals surface area contributed by atoms with Crippen LogP contribution < -0.4 is 11.1 Å². The van der Waals surface area contributed by atoms with Gasteiger partial charge in [-0.05, 0) is 62.6 Å². The van der Waals surface area contributed by atoms with E-state index in [4.69, 9.17) is 10.7 Å². The number of hydrogen-bond donors (Lipinski definition) is 2. The number of nitrogens with zero attached hydrogens (tertiary/aromatic N) is 2. The summed E-state index contributed by atoms with van der Waals surface area (Å²) in [5.41, 5.74) is 11.3. The molecule has 1 aromatic heterocycles. The van der Waals surface area contributed by atoms with Crippen LogP contribution in [0.15, 0.2) is 66.9 Å². The van der Waals surface area contributed by atoms with Gasteiger partial charge in [-0.2, -0.15) is 0 Å². The van der Waals surface area contributed by atoms with Crippen LogP contribution in [0.5, 0.6) is 0 Å². The highest BCUT2D eigenvalue weighted by Crippen LogP contribution is 2.34. The van der Waals surface area contributed by atoms with Gasteiger partial charge in [0.05, 0.1) is 23.8 Å². The van der Waals surface area contributed by atoms with Crippen molar-refractivity contribution in [3.8, 4) is 22.4 Å². The molecule has 1 saturated carbocycles. The van der Waals surface area contributed by atoms with Gasteiger partial charge in [0.2, 0.25) is 15.9 Å². The number of hydrogen-bond acceptors (Lipinski definition) is 5. The summed E-state index contributed by atoms with van der Waals surface area (Å²) in [6.45, 7) is 3.96. The molecule has 4 rings (SSSR count). The first-order chi connectivity index (χ1) is 17.9. The van der Waals surface area contributed by atoms with Crippen LogP contribution in [-0.2, 0) is 20.4 Å². The van der Waals surface area contributed by atoms with Crippen LogP contribution in [0.1, 0.15) is 51.5 Å². The smallest absolute Gasteiger partial charge is 0.224 e. The lowest BCUT2D eigenvalue weighted by Crippen LogP contribution is -2.39. The van der Waals surface area contributed by atoms with E-state index in [1.54, 1.807) is 13.2 Å². The fraction of sp³-hybridized carbons (Fsp3) is 0.400. The molecule has 0 bridgehead atoms. The molecule has 1 fully saturated rings. The minimum atomic E-state index is -3.20. The van der Waals surface area contributed by atoms with Crippen LogP contribution in [0.25, 0.3) is 22.4 Å². The first kappa shape index (κ1) is 28.0. The van der Waals surface area contributed by atoms with E-state index in [9.17, 15) is 13.2 Å². The van der Waals surface area contributed by atoms with Crippen molar-refractivity contribution in [1.29, 1.82) is 0 Å². The van der Waals surface area contributed by atoms with Gasteiger partial charge in [0.15, 0.2) is 0 Å². The number of anilines is 1. The van der Waals surface area contributed by atoms with Crippen molar-refractivity contribution < 1.29 is 13.2 Å². The Bertz CT molecular complexity index is 1360. The Hall–Kier alpha value is -3.07. The Morgan fingerprint density at radius 3 is 2.24 bits per heavy atom. The van der Waals surface area contributed by atoms with Crippen molar-refractivity contribution in [2.45, 2.75) is 57.5 Å². The fourth-order valence-corrected chi connectivity index (χ4v) is 5.87. The Morgan fingerprint density at radius 1 is 1.03 bits per heavy atom. The standard InChI is InChI=1S/C30H38N4O3S/c1-30(2,31)24-14-12-23(13-15-24)29-27(22-8-6-5-7-9-22)19-25(20-32-29)33-28(35)18-21-10-16-26(17-11-21)34(3)38(4,36)37/h5-9,12-15,19-21,26H,10-11,16-18,31H2,1-4H3,(H,33,35)/t21-,26-. The predicted molar refractivity (Wildman–Crippen MR) is 154 cm³/mol. The van der Waals surface area contributed by atoms with E-state index >= 15 is 0 Å². The van der Waals surface area contributed by atoms with E-state index in [1.807, 2.05) is 74.5 Å². The molecule has 202 valence electrons. The van der Waals surface area contributed by atoms with Gasteiger partial charge in [-0.15, -0.1) is 0 Å². The zero-order chi connectivity index (χ0) is 27.5. The zero-order valence-electron chi connectivity index (χ0n) is 22.6. The first-order valence-corrected chi connectivity index (χ1v) is 14.9. The minimum absolute atomic E-state index is 0.0134.